The van der Waals surface area contributed by atoms with Crippen molar-refractivity contribution in [2.45, 2.75) is 13.3 Å². The van der Waals surface area contributed by atoms with Crippen LogP contribution < -0.4 is 9.47 Å². The van der Waals surface area contributed by atoms with Gasteiger partial charge in [0.2, 0.25) is 4.77 Å². The van der Waals surface area contributed by atoms with Gasteiger partial charge in [-0.15, -0.1) is 0 Å². The van der Waals surface area contributed by atoms with Gasteiger partial charge in [0.15, 0.2) is 11.5 Å². The average Bonchev–Trinajstić information content (AvgIpc) is 2.88. The first-order chi connectivity index (χ1) is 9.76. The number of nitrogens with zero attached hydrogens (tertiary/aromatic N) is 3. The molecule has 1 N–H and O–H groups in total. The number of hydrogen-bond acceptors (Lipinski definition) is 5. The molecule has 6 nitrogen and oxygen atoms in total. The van der Waals surface area contributed by atoms with Crippen LogP contribution in [0.1, 0.15) is 18.9 Å². The van der Waals surface area contributed by atoms with E-state index in [4.69, 9.17) is 21.7 Å². The van der Waals surface area contributed by atoms with Crippen LogP contribution in [0.4, 0.5) is 0 Å². The summed E-state index contributed by atoms with van der Waals surface area (Å²) in [5.41, 5.74) is 0.820. The zero-order valence-corrected chi connectivity index (χ0v) is 12.2. The van der Waals surface area contributed by atoms with E-state index in [1.807, 2.05) is 25.1 Å². The van der Waals surface area contributed by atoms with Crippen LogP contribution in [0.3, 0.4) is 0 Å². The average molecular weight is 292 g/mol. The normalized spacial score (nSPS) is 10.9. The third-order valence-electron chi connectivity index (χ3n) is 2.54. The van der Waals surface area contributed by atoms with Gasteiger partial charge in [0, 0.05) is 5.56 Å². The molecule has 20 heavy (non-hydrogen) atoms. The first-order valence-electron chi connectivity index (χ1n) is 6.22. The van der Waals surface area contributed by atoms with Gasteiger partial charge in [-0.3, -0.25) is 5.10 Å². The number of methoxy groups -OCH3 is 1. The minimum Gasteiger partial charge on any atom is -0.493 e. The maximum absolute atomic E-state index is 5.73. The Morgan fingerprint density at radius 2 is 2.35 bits per heavy atom. The molecule has 0 aliphatic rings. The molecule has 0 radical (unpaired) electrons. The van der Waals surface area contributed by atoms with Crippen LogP contribution in [0.5, 0.6) is 11.5 Å². The number of aromatic nitrogens is 3. The van der Waals surface area contributed by atoms with Crippen LogP contribution in [0, 0.1) is 4.77 Å². The summed E-state index contributed by atoms with van der Waals surface area (Å²) in [5.74, 6) is 1.36. The number of hydrogen-bond donors (Lipinski definition) is 1. The molecule has 2 rings (SSSR count). The number of benzene rings is 1. The van der Waals surface area contributed by atoms with Gasteiger partial charge in [-0.25, -0.2) is 0 Å². The summed E-state index contributed by atoms with van der Waals surface area (Å²) >= 11 is 5.03. The first-order valence-corrected chi connectivity index (χ1v) is 6.63. The number of nitrogens with one attached hydrogen (secondary N) is 1. The summed E-state index contributed by atoms with van der Waals surface area (Å²) in [4.78, 5) is 0. The van der Waals surface area contributed by atoms with Crippen molar-refractivity contribution in [2.75, 3.05) is 13.7 Å². The third-order valence-corrected chi connectivity index (χ3v) is 2.81. The Morgan fingerprint density at radius 1 is 1.50 bits per heavy atom. The van der Waals surface area contributed by atoms with E-state index in [1.165, 1.54) is 11.0 Å². The Morgan fingerprint density at radius 3 is 3.00 bits per heavy atom. The van der Waals surface area contributed by atoms with Crippen molar-refractivity contribution in [2.24, 2.45) is 5.10 Å². The van der Waals surface area contributed by atoms with Gasteiger partial charge in [-0.05, 0) is 30.8 Å². The zero-order valence-electron chi connectivity index (χ0n) is 11.4. The molecule has 0 spiro atoms. The van der Waals surface area contributed by atoms with Crippen molar-refractivity contribution in [3.05, 3.63) is 34.9 Å². The van der Waals surface area contributed by atoms with Crippen molar-refractivity contribution < 1.29 is 9.47 Å². The summed E-state index contributed by atoms with van der Waals surface area (Å²) in [5, 5.41) is 10.7. The third kappa shape index (κ3) is 3.24. The Balaban J connectivity index is 2.33. The van der Waals surface area contributed by atoms with E-state index in [0.717, 1.165) is 12.0 Å². The molecule has 106 valence electrons. The van der Waals surface area contributed by atoms with Crippen LogP contribution >= 0.6 is 12.2 Å². The van der Waals surface area contributed by atoms with Gasteiger partial charge >= 0.3 is 0 Å². The van der Waals surface area contributed by atoms with Crippen LogP contribution in [-0.4, -0.2) is 34.8 Å². The Kier molecular flexibility index (Phi) is 4.89. The highest BCUT2D eigenvalue weighted by atomic mass is 32.1. The fourth-order valence-electron chi connectivity index (χ4n) is 1.60. The van der Waals surface area contributed by atoms with Crippen molar-refractivity contribution in [3.63, 3.8) is 0 Å². The van der Waals surface area contributed by atoms with Crippen LogP contribution in [0.25, 0.3) is 0 Å². The fraction of sp³-hybridized carbons (Fsp3) is 0.308. The van der Waals surface area contributed by atoms with Crippen LogP contribution in [0.2, 0.25) is 0 Å². The Bertz CT molecular complexity index is 648. The summed E-state index contributed by atoms with van der Waals surface area (Å²) in [6, 6.07) is 5.64. The van der Waals surface area contributed by atoms with E-state index in [9.17, 15) is 0 Å². The topological polar surface area (TPSA) is 64.4 Å². The van der Waals surface area contributed by atoms with E-state index in [-0.39, 0.29) is 0 Å². The summed E-state index contributed by atoms with van der Waals surface area (Å²) < 4.78 is 12.9. The second-order valence-electron chi connectivity index (χ2n) is 3.98. The molecule has 0 amide bonds. The molecule has 7 heteroatoms. The molecule has 0 fully saturated rings. The lowest BCUT2D eigenvalue weighted by atomic mass is 10.2. The number of rotatable bonds is 6. The molecular weight excluding hydrogens is 276 g/mol. The van der Waals surface area contributed by atoms with E-state index < -0.39 is 0 Å². The summed E-state index contributed by atoms with van der Waals surface area (Å²) in [6.07, 6.45) is 4.09. The second kappa shape index (κ2) is 6.85. The molecule has 0 atom stereocenters. The number of ether oxygens (including phenoxy) is 2. The lowest BCUT2D eigenvalue weighted by Crippen LogP contribution is -2.01. The Labute approximate surface area is 122 Å². The minimum atomic E-state index is 0.431. The van der Waals surface area contributed by atoms with Crippen molar-refractivity contribution in [3.8, 4) is 11.5 Å². The smallest absolute Gasteiger partial charge is 0.216 e. The summed E-state index contributed by atoms with van der Waals surface area (Å²) in [6.45, 7) is 2.67. The molecule has 0 unspecified atom stereocenters. The number of para-hydroxylation sites is 1. The number of H-pyrrole nitrogens is 1. The molecule has 0 saturated heterocycles. The van der Waals surface area contributed by atoms with Gasteiger partial charge in [-0.2, -0.15) is 14.9 Å². The zero-order chi connectivity index (χ0) is 14.4. The fourth-order valence-corrected chi connectivity index (χ4v) is 1.75. The molecule has 1 heterocycles. The van der Waals surface area contributed by atoms with Gasteiger partial charge in [0.1, 0.15) is 6.33 Å². The molecular formula is C13H16N4O2S. The second-order valence-corrected chi connectivity index (χ2v) is 4.36. The van der Waals surface area contributed by atoms with Gasteiger partial charge < -0.3 is 9.47 Å². The quantitative estimate of drug-likeness (QED) is 0.656. The minimum absolute atomic E-state index is 0.431. The highest BCUT2D eigenvalue weighted by Crippen LogP contribution is 2.30. The maximum atomic E-state index is 5.73. The largest absolute Gasteiger partial charge is 0.493 e. The maximum Gasteiger partial charge on any atom is 0.216 e. The molecule has 0 saturated carbocycles. The van der Waals surface area contributed by atoms with Crippen molar-refractivity contribution >= 4 is 18.4 Å². The van der Waals surface area contributed by atoms with Crippen molar-refractivity contribution in [1.29, 1.82) is 0 Å². The van der Waals surface area contributed by atoms with E-state index in [0.29, 0.717) is 22.9 Å². The van der Waals surface area contributed by atoms with E-state index >= 15 is 0 Å². The highest BCUT2D eigenvalue weighted by molar-refractivity contribution is 7.71. The summed E-state index contributed by atoms with van der Waals surface area (Å²) in [7, 11) is 1.61. The van der Waals surface area contributed by atoms with E-state index in [2.05, 4.69) is 15.3 Å². The number of aromatic amines is 1. The SMILES string of the molecule is CCCOc1c(/C=N\n2cn[nH]c2=S)cccc1OC. The Hall–Kier alpha value is -2.15. The van der Waals surface area contributed by atoms with Gasteiger partial charge in [0.25, 0.3) is 0 Å². The van der Waals surface area contributed by atoms with Crippen LogP contribution in [0.15, 0.2) is 29.6 Å². The molecule has 0 aliphatic carbocycles. The molecule has 1 aromatic carbocycles. The lowest BCUT2D eigenvalue weighted by Gasteiger charge is -2.12. The molecule has 1 aromatic heterocycles. The van der Waals surface area contributed by atoms with E-state index in [1.54, 1.807) is 13.3 Å². The first kappa shape index (κ1) is 14.3. The highest BCUT2D eigenvalue weighted by Gasteiger charge is 2.08. The van der Waals surface area contributed by atoms with Crippen LogP contribution in [-0.2, 0) is 0 Å². The lowest BCUT2D eigenvalue weighted by molar-refractivity contribution is 0.294. The van der Waals surface area contributed by atoms with Gasteiger partial charge in [-0.1, -0.05) is 13.0 Å². The monoisotopic (exact) mass is 292 g/mol. The van der Waals surface area contributed by atoms with Crippen molar-refractivity contribution in [1.82, 2.24) is 14.9 Å². The molecule has 2 aromatic rings. The molecule has 0 aliphatic heterocycles. The van der Waals surface area contributed by atoms with Gasteiger partial charge in [0.05, 0.1) is 19.9 Å². The molecule has 0 bridgehead atoms. The predicted molar refractivity (Wildman–Crippen MR) is 79.2 cm³/mol. The standard InChI is InChI=1S/C13H16N4O2S/c1-3-7-19-12-10(5-4-6-11(12)18-2)8-15-17-9-14-16-13(17)20/h4-6,8-9H,3,7H2,1-2H3,(H,16,20)/b15-8-. The predicted octanol–water partition coefficient (Wildman–Crippen LogP) is 2.62.